The highest BCUT2D eigenvalue weighted by Crippen LogP contribution is 2.38. The van der Waals surface area contributed by atoms with Gasteiger partial charge in [0.2, 0.25) is 0 Å². The Morgan fingerprint density at radius 1 is 0.413 bits per heavy atom. The van der Waals surface area contributed by atoms with Crippen LogP contribution in [0.4, 0.5) is 0 Å². The summed E-state index contributed by atoms with van der Waals surface area (Å²) >= 11 is 0. The van der Waals surface area contributed by atoms with Crippen molar-refractivity contribution in [2.24, 2.45) is 9.98 Å². The minimum Gasteiger partial charge on any atom is -0.456 e. The van der Waals surface area contributed by atoms with Gasteiger partial charge in [0.25, 0.3) is 0 Å². The fourth-order valence-corrected chi connectivity index (χ4v) is 9.45. The fourth-order valence-electron chi connectivity index (χ4n) is 9.45. The Labute approximate surface area is 361 Å². The van der Waals surface area contributed by atoms with Gasteiger partial charge in [-0.15, -0.1) is 0 Å². The van der Waals surface area contributed by atoms with E-state index in [1.807, 2.05) is 48.5 Å². The van der Waals surface area contributed by atoms with Gasteiger partial charge in [-0.25, -0.2) is 9.98 Å². The van der Waals surface area contributed by atoms with Gasteiger partial charge in [0.05, 0.1) is 11.0 Å². The average Bonchev–Trinajstić information content (AvgIpc) is 4.03. The summed E-state index contributed by atoms with van der Waals surface area (Å²) in [6.45, 7) is 0. The van der Waals surface area contributed by atoms with Crippen molar-refractivity contribution in [3.05, 3.63) is 223 Å². The lowest BCUT2D eigenvalue weighted by atomic mass is 9.97. The summed E-state index contributed by atoms with van der Waals surface area (Å²) in [6, 6.07) is 72.3. The van der Waals surface area contributed by atoms with Crippen molar-refractivity contribution in [1.29, 1.82) is 0 Å². The van der Waals surface area contributed by atoms with E-state index in [1.54, 1.807) is 0 Å². The standard InChI is InChI=1S/C57H36N4O2/c1-3-12-37(13-4-1)55-58-56(40-26-29-44-43-17-8-10-20-50(43)63-53(44)34-40)60-57(59-55)45-18-11-21-52-54(45)47-33-39(28-31-51(47)62-52)36-24-22-35(23-25-36)38-27-30-49-46(32-38)42-16-7-9-19-48(42)61(49)41-14-5-2-6-15-41/h1-34,55H,(H,58,59,60). The van der Waals surface area contributed by atoms with Crippen LogP contribution in [-0.2, 0) is 0 Å². The van der Waals surface area contributed by atoms with Crippen LogP contribution in [0.1, 0.15) is 22.9 Å². The third-order valence-corrected chi connectivity index (χ3v) is 12.5. The van der Waals surface area contributed by atoms with Crippen LogP contribution in [0.2, 0.25) is 0 Å². The molecule has 0 spiro atoms. The lowest BCUT2D eigenvalue weighted by Crippen LogP contribution is -2.33. The SMILES string of the molecule is c1ccc(C2N=C(c3ccc4c(c3)oc3ccccc34)N=C(c3cccc4oc5ccc(-c6ccc(-c7ccc8c(c7)c7ccccc7n8-c7ccccc7)cc6)cc5c34)N2)cc1. The number of aliphatic imine (C=N–C) groups is 2. The second-order valence-corrected chi connectivity index (χ2v) is 16.2. The van der Waals surface area contributed by atoms with Crippen molar-refractivity contribution < 1.29 is 8.83 Å². The second kappa shape index (κ2) is 14.0. The van der Waals surface area contributed by atoms with Gasteiger partial charge < -0.3 is 18.7 Å². The molecular formula is C57H36N4O2. The summed E-state index contributed by atoms with van der Waals surface area (Å²) < 4.78 is 15.2. The molecule has 0 saturated carbocycles. The van der Waals surface area contributed by atoms with Gasteiger partial charge in [-0.3, -0.25) is 0 Å². The molecule has 63 heavy (non-hydrogen) atoms. The molecule has 9 aromatic carbocycles. The summed E-state index contributed by atoms with van der Waals surface area (Å²) in [7, 11) is 0. The monoisotopic (exact) mass is 808 g/mol. The molecule has 3 aromatic heterocycles. The van der Waals surface area contributed by atoms with Crippen LogP contribution in [0, 0.1) is 0 Å². The molecule has 0 fully saturated rings. The van der Waals surface area contributed by atoms with Crippen molar-refractivity contribution in [3.8, 4) is 27.9 Å². The maximum absolute atomic E-state index is 6.52. The first-order chi connectivity index (χ1) is 31.2. The van der Waals surface area contributed by atoms with E-state index in [0.29, 0.717) is 5.84 Å². The molecule has 0 radical (unpaired) electrons. The number of hydrogen-bond donors (Lipinski definition) is 1. The van der Waals surface area contributed by atoms with E-state index in [2.05, 4.69) is 168 Å². The first kappa shape index (κ1) is 35.3. The van der Waals surface area contributed by atoms with Crippen LogP contribution >= 0.6 is 0 Å². The molecule has 1 atom stereocenters. The van der Waals surface area contributed by atoms with Crippen LogP contribution in [0.5, 0.6) is 0 Å². The van der Waals surface area contributed by atoms with E-state index in [1.165, 1.54) is 32.9 Å². The largest absolute Gasteiger partial charge is 0.456 e. The third kappa shape index (κ3) is 5.80. The Balaban J connectivity index is 0.882. The number of fused-ring (bicyclic) bond motifs is 9. The molecule has 6 heteroatoms. The zero-order valence-corrected chi connectivity index (χ0v) is 33.9. The van der Waals surface area contributed by atoms with E-state index in [0.717, 1.165) is 83.2 Å². The number of aromatic nitrogens is 1. The van der Waals surface area contributed by atoms with Gasteiger partial charge in [0.1, 0.15) is 34.3 Å². The Morgan fingerprint density at radius 3 is 1.84 bits per heavy atom. The molecule has 1 N–H and O–H groups in total. The predicted molar refractivity (Wildman–Crippen MR) is 258 cm³/mol. The van der Waals surface area contributed by atoms with Gasteiger partial charge >= 0.3 is 0 Å². The molecule has 1 unspecified atom stereocenters. The van der Waals surface area contributed by atoms with Gasteiger partial charge in [0.15, 0.2) is 5.84 Å². The molecule has 0 bridgehead atoms. The van der Waals surface area contributed by atoms with Crippen LogP contribution in [0.25, 0.3) is 93.6 Å². The van der Waals surface area contributed by atoms with Crippen molar-refractivity contribution >= 4 is 77.4 Å². The number of para-hydroxylation sites is 3. The molecule has 13 rings (SSSR count). The minimum atomic E-state index is -0.356. The topological polar surface area (TPSA) is 68.0 Å². The number of furan rings is 2. The van der Waals surface area contributed by atoms with Gasteiger partial charge in [0, 0.05) is 49.1 Å². The molecule has 0 saturated heterocycles. The first-order valence-electron chi connectivity index (χ1n) is 21.2. The molecule has 0 aliphatic carbocycles. The maximum Gasteiger partial charge on any atom is 0.159 e. The van der Waals surface area contributed by atoms with E-state index in [9.17, 15) is 0 Å². The molecule has 6 nitrogen and oxygen atoms in total. The summed E-state index contributed by atoms with van der Waals surface area (Å²) in [4.78, 5) is 10.4. The summed E-state index contributed by atoms with van der Waals surface area (Å²) in [6.07, 6.45) is -0.356. The lowest BCUT2D eigenvalue weighted by molar-refractivity contribution is 0.667. The molecule has 296 valence electrons. The Kier molecular flexibility index (Phi) is 7.87. The van der Waals surface area contributed by atoms with E-state index >= 15 is 0 Å². The highest BCUT2D eigenvalue weighted by Gasteiger charge is 2.25. The van der Waals surface area contributed by atoms with E-state index in [-0.39, 0.29) is 6.17 Å². The van der Waals surface area contributed by atoms with Gasteiger partial charge in [-0.2, -0.15) is 0 Å². The zero-order chi connectivity index (χ0) is 41.4. The predicted octanol–water partition coefficient (Wildman–Crippen LogP) is 14.4. The van der Waals surface area contributed by atoms with Crippen LogP contribution < -0.4 is 5.32 Å². The molecule has 1 aliphatic rings. The number of hydrogen-bond acceptors (Lipinski definition) is 5. The normalized spacial score (nSPS) is 14.2. The highest BCUT2D eigenvalue weighted by atomic mass is 16.3. The van der Waals surface area contributed by atoms with E-state index < -0.39 is 0 Å². The summed E-state index contributed by atoms with van der Waals surface area (Å²) in [5.41, 5.74) is 14.3. The molecule has 4 heterocycles. The highest BCUT2D eigenvalue weighted by molar-refractivity contribution is 6.22. The molecular weight excluding hydrogens is 773 g/mol. The Hall–Kier alpha value is -8.48. The Morgan fingerprint density at radius 2 is 1.02 bits per heavy atom. The smallest absolute Gasteiger partial charge is 0.159 e. The number of nitrogens with zero attached hydrogens (tertiary/aromatic N) is 3. The second-order valence-electron chi connectivity index (χ2n) is 16.2. The summed E-state index contributed by atoms with van der Waals surface area (Å²) in [5, 5.41) is 10.3. The third-order valence-electron chi connectivity index (χ3n) is 12.5. The zero-order valence-electron chi connectivity index (χ0n) is 33.9. The van der Waals surface area contributed by atoms with Crippen LogP contribution in [0.3, 0.4) is 0 Å². The minimum absolute atomic E-state index is 0.356. The summed E-state index contributed by atoms with van der Waals surface area (Å²) in [5.74, 6) is 1.36. The van der Waals surface area contributed by atoms with Crippen molar-refractivity contribution in [2.75, 3.05) is 0 Å². The van der Waals surface area contributed by atoms with Gasteiger partial charge in [-0.05, 0) is 94.5 Å². The number of nitrogens with one attached hydrogen (secondary N) is 1. The van der Waals surface area contributed by atoms with Crippen LogP contribution in [0.15, 0.2) is 225 Å². The maximum atomic E-state index is 6.52. The van der Waals surface area contributed by atoms with Gasteiger partial charge in [-0.1, -0.05) is 140 Å². The van der Waals surface area contributed by atoms with Crippen molar-refractivity contribution in [1.82, 2.24) is 9.88 Å². The molecule has 1 aliphatic heterocycles. The quantitative estimate of drug-likeness (QED) is 0.182. The van der Waals surface area contributed by atoms with E-state index in [4.69, 9.17) is 18.8 Å². The fraction of sp³-hybridized carbons (Fsp3) is 0.0175. The lowest BCUT2D eigenvalue weighted by Gasteiger charge is -2.24. The number of rotatable bonds is 6. The first-order valence-corrected chi connectivity index (χ1v) is 21.2. The molecule has 12 aromatic rings. The molecule has 0 amide bonds. The number of amidine groups is 2. The average molecular weight is 809 g/mol. The van der Waals surface area contributed by atoms with Crippen LogP contribution in [-0.4, -0.2) is 16.2 Å². The van der Waals surface area contributed by atoms with Crippen molar-refractivity contribution in [2.45, 2.75) is 6.17 Å². The Bertz CT molecular complexity index is 3820. The number of benzene rings is 9. The van der Waals surface area contributed by atoms with Crippen molar-refractivity contribution in [3.63, 3.8) is 0 Å².